The van der Waals surface area contributed by atoms with Crippen LogP contribution in [0.25, 0.3) is 0 Å². The van der Waals surface area contributed by atoms with Crippen LogP contribution in [0.1, 0.15) is 12.8 Å². The molecule has 142 valence electrons. The van der Waals surface area contributed by atoms with Gasteiger partial charge in [-0.15, -0.1) is 12.4 Å². The predicted molar refractivity (Wildman–Crippen MR) is 100 cm³/mol. The number of carbonyl (C=O) groups excluding carboxylic acids is 1. The maximum absolute atomic E-state index is 12.5. The average Bonchev–Trinajstić information content (AvgIpc) is 2.56. The topological polar surface area (TPSA) is 84.5 Å². The maximum atomic E-state index is 12.5. The minimum Gasteiger partial charge on any atom is -0.384 e. The number of hydrogen-bond donors (Lipinski definition) is 2. The van der Waals surface area contributed by atoms with E-state index in [2.05, 4.69) is 10.6 Å². The number of rotatable bonds is 7. The second-order valence-electron chi connectivity index (χ2n) is 5.99. The summed E-state index contributed by atoms with van der Waals surface area (Å²) in [6.45, 7) is 1.91. The summed E-state index contributed by atoms with van der Waals surface area (Å²) in [6.07, 6.45) is 1.35. The number of methoxy groups -OCH3 is 1. The fourth-order valence-electron chi connectivity index (χ4n) is 2.86. The molecule has 0 atom stereocenters. The van der Waals surface area contributed by atoms with Crippen molar-refractivity contribution >= 4 is 39.8 Å². The first-order valence-electron chi connectivity index (χ1n) is 7.86. The van der Waals surface area contributed by atoms with Crippen molar-refractivity contribution in [3.8, 4) is 0 Å². The lowest BCUT2D eigenvalue weighted by Crippen LogP contribution is -2.50. The Labute approximate surface area is 160 Å². The fourth-order valence-corrected chi connectivity index (χ4v) is 4.15. The summed E-state index contributed by atoms with van der Waals surface area (Å²) in [6, 6.07) is 6.02. The standard InChI is InChI=1S/C16H23ClN2O4S.ClH/c1-23-12-16(6-8-18-9-7-16)15(20)19-10-11-24(21,22)14-4-2-13(17)3-5-14;/h2-5,18H,6-12H2,1H3,(H,19,20);1H. The molecule has 25 heavy (non-hydrogen) atoms. The van der Waals surface area contributed by atoms with Crippen LogP contribution in [0.4, 0.5) is 0 Å². The molecule has 6 nitrogen and oxygen atoms in total. The first kappa shape index (κ1) is 22.2. The van der Waals surface area contributed by atoms with Crippen LogP contribution < -0.4 is 10.6 Å². The number of benzene rings is 1. The van der Waals surface area contributed by atoms with Gasteiger partial charge in [-0.25, -0.2) is 8.42 Å². The van der Waals surface area contributed by atoms with Gasteiger partial charge in [0.15, 0.2) is 9.84 Å². The van der Waals surface area contributed by atoms with E-state index < -0.39 is 15.3 Å². The first-order chi connectivity index (χ1) is 11.4. The third kappa shape index (κ3) is 5.82. The van der Waals surface area contributed by atoms with Crippen LogP contribution in [-0.4, -0.2) is 53.4 Å². The molecule has 2 N–H and O–H groups in total. The second kappa shape index (κ2) is 9.73. The summed E-state index contributed by atoms with van der Waals surface area (Å²) in [5.74, 6) is -0.293. The number of amides is 1. The Bertz CT molecular complexity index is 654. The van der Waals surface area contributed by atoms with Crippen LogP contribution in [0.5, 0.6) is 0 Å². The van der Waals surface area contributed by atoms with Crippen molar-refractivity contribution in [2.75, 3.05) is 39.1 Å². The highest BCUT2D eigenvalue weighted by atomic mass is 35.5. The number of nitrogens with one attached hydrogen (secondary N) is 2. The van der Waals surface area contributed by atoms with Crippen molar-refractivity contribution in [2.45, 2.75) is 17.7 Å². The molecule has 1 aromatic rings. The van der Waals surface area contributed by atoms with E-state index in [4.69, 9.17) is 16.3 Å². The zero-order valence-corrected chi connectivity index (χ0v) is 16.5. The Hall–Kier alpha value is -0.860. The zero-order chi connectivity index (χ0) is 17.6. The third-order valence-electron chi connectivity index (χ3n) is 4.29. The molecule has 0 radical (unpaired) electrons. The fraction of sp³-hybridized carbons (Fsp3) is 0.562. The Balaban J connectivity index is 0.00000312. The van der Waals surface area contributed by atoms with E-state index >= 15 is 0 Å². The van der Waals surface area contributed by atoms with Crippen molar-refractivity contribution in [3.05, 3.63) is 29.3 Å². The van der Waals surface area contributed by atoms with Gasteiger partial charge in [0.25, 0.3) is 0 Å². The third-order valence-corrected chi connectivity index (χ3v) is 6.28. The summed E-state index contributed by atoms with van der Waals surface area (Å²) >= 11 is 5.77. The van der Waals surface area contributed by atoms with Crippen LogP contribution in [0, 0.1) is 5.41 Å². The van der Waals surface area contributed by atoms with Crippen LogP contribution in [0.3, 0.4) is 0 Å². The maximum Gasteiger partial charge on any atom is 0.228 e. The van der Waals surface area contributed by atoms with Gasteiger partial charge in [0.05, 0.1) is 22.7 Å². The number of ether oxygens (including phenoxy) is 1. The Kier molecular flexibility index (Phi) is 8.63. The largest absolute Gasteiger partial charge is 0.384 e. The van der Waals surface area contributed by atoms with Crippen LogP contribution in [-0.2, 0) is 19.4 Å². The molecule has 1 amide bonds. The molecular weight excluding hydrogens is 387 g/mol. The SMILES string of the molecule is COCC1(C(=O)NCCS(=O)(=O)c2ccc(Cl)cc2)CCNCC1.Cl. The van der Waals surface area contributed by atoms with Crippen LogP contribution in [0.2, 0.25) is 5.02 Å². The molecule has 1 saturated heterocycles. The highest BCUT2D eigenvalue weighted by molar-refractivity contribution is 7.91. The van der Waals surface area contributed by atoms with Gasteiger partial charge in [-0.2, -0.15) is 0 Å². The molecule has 1 heterocycles. The van der Waals surface area contributed by atoms with E-state index in [0.717, 1.165) is 13.1 Å². The number of carbonyl (C=O) groups is 1. The Morgan fingerprint density at radius 1 is 1.28 bits per heavy atom. The van der Waals surface area contributed by atoms with E-state index in [1.54, 1.807) is 7.11 Å². The summed E-state index contributed by atoms with van der Waals surface area (Å²) < 4.78 is 29.8. The highest BCUT2D eigenvalue weighted by Gasteiger charge is 2.39. The van der Waals surface area contributed by atoms with Gasteiger partial charge in [0, 0.05) is 18.7 Å². The van der Waals surface area contributed by atoms with Crippen molar-refractivity contribution in [1.82, 2.24) is 10.6 Å². The molecule has 1 aliphatic heterocycles. The molecule has 0 bridgehead atoms. The van der Waals surface area contributed by atoms with Gasteiger partial charge < -0.3 is 15.4 Å². The van der Waals surface area contributed by atoms with Gasteiger partial charge in [-0.3, -0.25) is 4.79 Å². The Morgan fingerprint density at radius 2 is 1.88 bits per heavy atom. The monoisotopic (exact) mass is 410 g/mol. The molecular formula is C16H24Cl2N2O4S. The molecule has 0 aliphatic carbocycles. The van der Waals surface area contributed by atoms with Gasteiger partial charge in [-0.05, 0) is 50.2 Å². The van der Waals surface area contributed by atoms with Gasteiger partial charge >= 0.3 is 0 Å². The van der Waals surface area contributed by atoms with Gasteiger partial charge in [0.2, 0.25) is 5.91 Å². The molecule has 0 aromatic heterocycles. The first-order valence-corrected chi connectivity index (χ1v) is 9.89. The number of sulfone groups is 1. The lowest BCUT2D eigenvalue weighted by Gasteiger charge is -2.35. The molecule has 1 aliphatic rings. The van der Waals surface area contributed by atoms with Crippen LogP contribution >= 0.6 is 24.0 Å². The summed E-state index contributed by atoms with van der Waals surface area (Å²) in [4.78, 5) is 12.7. The van der Waals surface area contributed by atoms with Crippen LogP contribution in [0.15, 0.2) is 29.2 Å². The van der Waals surface area contributed by atoms with Gasteiger partial charge in [0.1, 0.15) is 0 Å². The van der Waals surface area contributed by atoms with Crippen molar-refractivity contribution < 1.29 is 17.9 Å². The zero-order valence-electron chi connectivity index (χ0n) is 14.1. The van der Waals surface area contributed by atoms with E-state index in [0.29, 0.717) is 24.5 Å². The van der Waals surface area contributed by atoms with E-state index in [1.165, 1.54) is 24.3 Å². The quantitative estimate of drug-likeness (QED) is 0.713. The smallest absolute Gasteiger partial charge is 0.228 e. The van der Waals surface area contributed by atoms with Crippen molar-refractivity contribution in [1.29, 1.82) is 0 Å². The van der Waals surface area contributed by atoms with E-state index in [1.807, 2.05) is 0 Å². The van der Waals surface area contributed by atoms with Crippen molar-refractivity contribution in [3.63, 3.8) is 0 Å². The Morgan fingerprint density at radius 3 is 2.44 bits per heavy atom. The lowest BCUT2D eigenvalue weighted by molar-refractivity contribution is -0.136. The number of hydrogen-bond acceptors (Lipinski definition) is 5. The van der Waals surface area contributed by atoms with E-state index in [9.17, 15) is 13.2 Å². The van der Waals surface area contributed by atoms with E-state index in [-0.39, 0.29) is 35.5 Å². The molecule has 1 fully saturated rings. The minimum absolute atomic E-state index is 0. The summed E-state index contributed by atoms with van der Waals surface area (Å²) in [5.41, 5.74) is -0.579. The lowest BCUT2D eigenvalue weighted by atomic mass is 9.78. The predicted octanol–water partition coefficient (Wildman–Crippen LogP) is 1.67. The highest BCUT2D eigenvalue weighted by Crippen LogP contribution is 2.29. The molecule has 0 saturated carbocycles. The molecule has 2 rings (SSSR count). The van der Waals surface area contributed by atoms with Crippen molar-refractivity contribution in [2.24, 2.45) is 5.41 Å². The normalized spacial score (nSPS) is 16.7. The molecule has 0 spiro atoms. The number of piperidine rings is 1. The molecule has 1 aromatic carbocycles. The minimum atomic E-state index is -3.45. The summed E-state index contributed by atoms with van der Waals surface area (Å²) in [7, 11) is -1.88. The second-order valence-corrected chi connectivity index (χ2v) is 8.54. The molecule has 9 heteroatoms. The molecule has 0 unspecified atom stereocenters. The van der Waals surface area contributed by atoms with Gasteiger partial charge in [-0.1, -0.05) is 11.6 Å². The summed E-state index contributed by atoms with van der Waals surface area (Å²) in [5, 5.41) is 6.46. The number of halogens is 2. The average molecular weight is 411 g/mol.